The van der Waals surface area contributed by atoms with Crippen molar-refractivity contribution in [3.63, 3.8) is 0 Å². The molecule has 0 saturated carbocycles. The topological polar surface area (TPSA) is 115 Å². The number of nitrogens with two attached hydrogens (primary N) is 3. The number of hydrogen-bond acceptors (Lipinski definition) is 4. The van der Waals surface area contributed by atoms with Crippen LogP contribution in [-0.4, -0.2) is 11.0 Å². The Morgan fingerprint density at radius 3 is 2.42 bits per heavy atom. The highest BCUT2D eigenvalue weighted by Crippen LogP contribution is 2.27. The Balaban J connectivity index is 3.37. The van der Waals surface area contributed by atoms with Gasteiger partial charge in [0, 0.05) is 5.69 Å². The zero-order valence-electron chi connectivity index (χ0n) is 6.24. The summed E-state index contributed by atoms with van der Waals surface area (Å²) >= 11 is 0. The van der Waals surface area contributed by atoms with Gasteiger partial charge in [-0.1, -0.05) is 0 Å². The molecule has 0 aliphatic carbocycles. The molecule has 12 heavy (non-hydrogen) atoms. The molecule has 0 aliphatic rings. The van der Waals surface area contributed by atoms with Crippen molar-refractivity contribution >= 4 is 17.3 Å². The largest absolute Gasteiger partial charge is 0.505 e. The minimum atomic E-state index is -0.758. The van der Waals surface area contributed by atoms with E-state index in [4.69, 9.17) is 17.2 Å². The molecule has 0 aliphatic heterocycles. The maximum atomic E-state index is 10.7. The number of rotatable bonds is 1. The highest BCUT2D eigenvalue weighted by Gasteiger charge is 2.10. The molecule has 0 radical (unpaired) electrons. The van der Waals surface area contributed by atoms with Crippen molar-refractivity contribution in [2.75, 3.05) is 11.5 Å². The van der Waals surface area contributed by atoms with Gasteiger partial charge in [-0.15, -0.1) is 0 Å². The summed E-state index contributed by atoms with van der Waals surface area (Å²) in [7, 11) is 0. The molecule has 0 aromatic heterocycles. The molecule has 5 heteroatoms. The van der Waals surface area contributed by atoms with Crippen molar-refractivity contribution in [2.45, 2.75) is 0 Å². The fourth-order valence-electron chi connectivity index (χ4n) is 0.868. The minimum Gasteiger partial charge on any atom is -0.505 e. The lowest BCUT2D eigenvalue weighted by Crippen LogP contribution is -2.12. The number of primary amides is 1. The van der Waals surface area contributed by atoms with E-state index >= 15 is 0 Å². The van der Waals surface area contributed by atoms with Crippen LogP contribution in [0.3, 0.4) is 0 Å². The summed E-state index contributed by atoms with van der Waals surface area (Å²) in [4.78, 5) is 10.7. The van der Waals surface area contributed by atoms with Crippen LogP contribution in [0, 0.1) is 0 Å². The average molecular weight is 167 g/mol. The molecule has 7 N–H and O–H groups in total. The fourth-order valence-corrected chi connectivity index (χ4v) is 0.868. The van der Waals surface area contributed by atoms with Gasteiger partial charge in [-0.25, -0.2) is 0 Å². The van der Waals surface area contributed by atoms with Crippen molar-refractivity contribution in [1.29, 1.82) is 0 Å². The van der Waals surface area contributed by atoms with Crippen molar-refractivity contribution in [3.8, 4) is 5.75 Å². The third kappa shape index (κ3) is 1.24. The van der Waals surface area contributed by atoms with E-state index in [1.54, 1.807) is 0 Å². The van der Waals surface area contributed by atoms with E-state index < -0.39 is 5.91 Å². The van der Waals surface area contributed by atoms with Gasteiger partial charge in [-0.05, 0) is 12.1 Å². The summed E-state index contributed by atoms with van der Waals surface area (Å²) in [5.41, 5.74) is 15.9. The Kier molecular flexibility index (Phi) is 1.78. The zero-order valence-corrected chi connectivity index (χ0v) is 6.24. The second-order valence-corrected chi connectivity index (χ2v) is 2.37. The third-order valence-electron chi connectivity index (χ3n) is 1.43. The Bertz CT molecular complexity index is 336. The van der Waals surface area contributed by atoms with Crippen LogP contribution in [0.5, 0.6) is 5.75 Å². The highest BCUT2D eigenvalue weighted by atomic mass is 16.3. The van der Waals surface area contributed by atoms with Crippen LogP contribution in [0.15, 0.2) is 12.1 Å². The normalized spacial score (nSPS) is 9.67. The van der Waals surface area contributed by atoms with Gasteiger partial charge in [0.05, 0.1) is 11.3 Å². The molecule has 1 aromatic rings. The smallest absolute Gasteiger partial charge is 0.252 e. The first-order chi connectivity index (χ1) is 5.52. The molecule has 0 unspecified atom stereocenters. The first-order valence-electron chi connectivity index (χ1n) is 3.20. The first-order valence-corrected chi connectivity index (χ1v) is 3.20. The van der Waals surface area contributed by atoms with Gasteiger partial charge in [0.25, 0.3) is 5.91 Å². The lowest BCUT2D eigenvalue weighted by molar-refractivity contribution is 0.0998. The average Bonchev–Trinajstić information content (AvgIpc) is 1.96. The summed E-state index contributed by atoms with van der Waals surface area (Å²) in [5.74, 6) is -1.08. The molecule has 64 valence electrons. The molecule has 0 fully saturated rings. The number of aromatic hydroxyl groups is 1. The molecule has 0 spiro atoms. The maximum absolute atomic E-state index is 10.7. The monoisotopic (exact) mass is 167 g/mol. The van der Waals surface area contributed by atoms with E-state index in [0.29, 0.717) is 5.69 Å². The van der Waals surface area contributed by atoms with Gasteiger partial charge in [0.2, 0.25) is 0 Å². The molecule has 1 amide bonds. The second-order valence-electron chi connectivity index (χ2n) is 2.37. The van der Waals surface area contributed by atoms with Crippen molar-refractivity contribution in [3.05, 3.63) is 17.7 Å². The zero-order chi connectivity index (χ0) is 9.30. The molecule has 0 heterocycles. The lowest BCUT2D eigenvalue weighted by atomic mass is 10.1. The van der Waals surface area contributed by atoms with E-state index in [1.165, 1.54) is 12.1 Å². The molecule has 0 bridgehead atoms. The van der Waals surface area contributed by atoms with E-state index in [9.17, 15) is 9.90 Å². The lowest BCUT2D eigenvalue weighted by Gasteiger charge is -2.04. The minimum absolute atomic E-state index is 0.0452. The summed E-state index contributed by atoms with van der Waals surface area (Å²) in [5, 5.41) is 9.21. The van der Waals surface area contributed by atoms with Crippen molar-refractivity contribution < 1.29 is 9.90 Å². The molecule has 1 aromatic carbocycles. The highest BCUT2D eigenvalue weighted by molar-refractivity contribution is 5.98. The standard InChI is InChI=1S/C7H9N3O2/c8-3-1-4(7(10)12)6(11)5(9)2-3/h1-2,11H,8-9H2,(H2,10,12). The number of anilines is 2. The van der Waals surface area contributed by atoms with Crippen LogP contribution >= 0.6 is 0 Å². The summed E-state index contributed by atoms with van der Waals surface area (Å²) < 4.78 is 0. The molecular weight excluding hydrogens is 158 g/mol. The van der Waals surface area contributed by atoms with Crippen LogP contribution in [0.2, 0.25) is 0 Å². The Morgan fingerprint density at radius 1 is 1.33 bits per heavy atom. The van der Waals surface area contributed by atoms with Crippen LogP contribution < -0.4 is 17.2 Å². The predicted molar refractivity (Wildman–Crippen MR) is 45.4 cm³/mol. The number of phenols is 1. The predicted octanol–water partition coefficient (Wildman–Crippen LogP) is -0.345. The van der Waals surface area contributed by atoms with Gasteiger partial charge in [0.15, 0.2) is 5.75 Å². The number of benzene rings is 1. The van der Waals surface area contributed by atoms with Crippen molar-refractivity contribution in [2.24, 2.45) is 5.73 Å². The van der Waals surface area contributed by atoms with Crippen molar-refractivity contribution in [1.82, 2.24) is 0 Å². The number of carbonyl (C=O) groups is 1. The summed E-state index contributed by atoms with van der Waals surface area (Å²) in [6.07, 6.45) is 0. The second kappa shape index (κ2) is 2.61. The van der Waals surface area contributed by atoms with Crippen LogP contribution in [0.25, 0.3) is 0 Å². The van der Waals surface area contributed by atoms with Gasteiger partial charge in [-0.2, -0.15) is 0 Å². The SMILES string of the molecule is NC(=O)c1cc(N)cc(N)c1O. The first kappa shape index (κ1) is 8.19. The molecular formula is C7H9N3O2. The van der Waals surface area contributed by atoms with E-state index in [1.807, 2.05) is 0 Å². The van der Waals surface area contributed by atoms with Gasteiger partial charge in [-0.3, -0.25) is 4.79 Å². The number of amides is 1. The molecule has 0 atom stereocenters. The van der Waals surface area contributed by atoms with E-state index in [2.05, 4.69) is 0 Å². The van der Waals surface area contributed by atoms with E-state index in [-0.39, 0.29) is 17.0 Å². The van der Waals surface area contributed by atoms with Crippen LogP contribution in [0.4, 0.5) is 11.4 Å². The third-order valence-corrected chi connectivity index (χ3v) is 1.43. The van der Waals surface area contributed by atoms with Crippen LogP contribution in [-0.2, 0) is 0 Å². The number of hydrogen-bond donors (Lipinski definition) is 4. The Labute approximate surface area is 68.8 Å². The van der Waals surface area contributed by atoms with Gasteiger partial charge in [0.1, 0.15) is 0 Å². The fraction of sp³-hybridized carbons (Fsp3) is 0. The molecule has 1 rings (SSSR count). The maximum Gasteiger partial charge on any atom is 0.252 e. The Hall–Kier alpha value is -1.91. The summed E-state index contributed by atoms with van der Waals surface area (Å²) in [6.45, 7) is 0. The van der Waals surface area contributed by atoms with Gasteiger partial charge >= 0.3 is 0 Å². The summed E-state index contributed by atoms with van der Waals surface area (Å²) in [6, 6.07) is 2.62. The quantitative estimate of drug-likeness (QED) is 0.260. The van der Waals surface area contributed by atoms with Crippen LogP contribution in [0.1, 0.15) is 10.4 Å². The molecule has 0 saturated heterocycles. The Morgan fingerprint density at radius 2 is 1.92 bits per heavy atom. The van der Waals surface area contributed by atoms with E-state index in [0.717, 1.165) is 0 Å². The number of nitrogen functional groups attached to an aromatic ring is 2. The number of carbonyl (C=O) groups excluding carboxylic acids is 1. The van der Waals surface area contributed by atoms with Gasteiger partial charge < -0.3 is 22.3 Å². The molecule has 5 nitrogen and oxygen atoms in total.